The van der Waals surface area contributed by atoms with Gasteiger partial charge in [-0.25, -0.2) is 0 Å². The minimum absolute atomic E-state index is 0.106. The van der Waals surface area contributed by atoms with Crippen LogP contribution in [0.4, 0.5) is 0 Å². The van der Waals surface area contributed by atoms with Crippen LogP contribution in [-0.4, -0.2) is 13.0 Å². The Hall–Kier alpha value is -1.55. The molecule has 1 rings (SSSR count). The molecule has 100 valence electrons. The molecule has 18 heavy (non-hydrogen) atoms. The van der Waals surface area contributed by atoms with Crippen LogP contribution < -0.4 is 16.2 Å². The smallest absolute Gasteiger partial charge is 0.217 e. The van der Waals surface area contributed by atoms with Crippen molar-refractivity contribution in [2.75, 3.05) is 7.11 Å². The van der Waals surface area contributed by atoms with E-state index < -0.39 is 0 Å². The Morgan fingerprint density at radius 1 is 1.33 bits per heavy atom. The third-order valence-electron chi connectivity index (χ3n) is 2.97. The molecule has 0 radical (unpaired) electrons. The van der Waals surface area contributed by atoms with Gasteiger partial charge in [0.15, 0.2) is 0 Å². The number of nitrogens with two attached hydrogens (primary N) is 2. The van der Waals surface area contributed by atoms with E-state index in [1.807, 2.05) is 38.1 Å². The largest absolute Gasteiger partial charge is 0.497 e. The minimum Gasteiger partial charge on any atom is -0.497 e. The highest BCUT2D eigenvalue weighted by atomic mass is 16.5. The van der Waals surface area contributed by atoms with Gasteiger partial charge in [-0.3, -0.25) is 4.79 Å². The Labute approximate surface area is 108 Å². The van der Waals surface area contributed by atoms with E-state index in [1.165, 1.54) is 0 Å². The number of hydrogen-bond acceptors (Lipinski definition) is 3. The molecule has 0 aliphatic rings. The van der Waals surface area contributed by atoms with E-state index in [-0.39, 0.29) is 17.4 Å². The molecule has 0 aliphatic heterocycles. The zero-order valence-corrected chi connectivity index (χ0v) is 11.3. The predicted molar refractivity (Wildman–Crippen MR) is 72.1 cm³/mol. The molecule has 1 atom stereocenters. The first kappa shape index (κ1) is 14.5. The molecule has 0 saturated carbocycles. The van der Waals surface area contributed by atoms with Crippen molar-refractivity contribution >= 4 is 5.91 Å². The lowest BCUT2D eigenvalue weighted by Crippen LogP contribution is -2.27. The number of methoxy groups -OCH3 is 1. The zero-order chi connectivity index (χ0) is 13.8. The molecule has 0 heterocycles. The number of carbonyl (C=O) groups excluding carboxylic acids is 1. The summed E-state index contributed by atoms with van der Waals surface area (Å²) in [6.45, 7) is 4.00. The second kappa shape index (κ2) is 5.87. The maximum atomic E-state index is 11.0. The van der Waals surface area contributed by atoms with Crippen LogP contribution in [0.15, 0.2) is 24.3 Å². The quantitative estimate of drug-likeness (QED) is 0.810. The van der Waals surface area contributed by atoms with Crippen molar-refractivity contribution in [3.63, 3.8) is 0 Å². The van der Waals surface area contributed by atoms with E-state index in [4.69, 9.17) is 16.2 Å². The number of primary amides is 1. The highest BCUT2D eigenvalue weighted by Crippen LogP contribution is 2.31. The van der Waals surface area contributed by atoms with Crippen LogP contribution in [0.1, 0.15) is 38.3 Å². The van der Waals surface area contributed by atoms with E-state index in [9.17, 15) is 4.79 Å². The molecule has 4 nitrogen and oxygen atoms in total. The molecule has 0 aliphatic carbocycles. The van der Waals surface area contributed by atoms with Crippen molar-refractivity contribution in [1.29, 1.82) is 0 Å². The van der Waals surface area contributed by atoms with Crippen molar-refractivity contribution in [3.8, 4) is 5.75 Å². The number of carbonyl (C=O) groups is 1. The van der Waals surface area contributed by atoms with Crippen molar-refractivity contribution in [2.24, 2.45) is 16.9 Å². The van der Waals surface area contributed by atoms with Gasteiger partial charge in [-0.05, 0) is 29.5 Å². The lowest BCUT2D eigenvalue weighted by Gasteiger charge is -2.26. The lowest BCUT2D eigenvalue weighted by molar-refractivity contribution is -0.120. The summed E-state index contributed by atoms with van der Waals surface area (Å²) in [5.41, 5.74) is 12.2. The maximum Gasteiger partial charge on any atom is 0.217 e. The number of hydrogen-bond donors (Lipinski definition) is 2. The predicted octanol–water partition coefficient (Wildman–Crippen LogP) is 1.99. The molecule has 1 aromatic carbocycles. The Bertz CT molecular complexity index is 399. The average molecular weight is 250 g/mol. The highest BCUT2D eigenvalue weighted by Gasteiger charge is 2.24. The summed E-state index contributed by atoms with van der Waals surface area (Å²) < 4.78 is 5.10. The summed E-state index contributed by atoms with van der Waals surface area (Å²) in [6, 6.07) is 7.56. The molecule has 4 N–H and O–H groups in total. The Balaban J connectivity index is 2.68. The fourth-order valence-corrected chi connectivity index (χ4v) is 2.11. The van der Waals surface area contributed by atoms with Gasteiger partial charge in [-0.15, -0.1) is 0 Å². The summed E-state index contributed by atoms with van der Waals surface area (Å²) in [5.74, 6) is 0.518. The van der Waals surface area contributed by atoms with Crippen molar-refractivity contribution in [1.82, 2.24) is 0 Å². The van der Waals surface area contributed by atoms with Gasteiger partial charge in [-0.1, -0.05) is 26.0 Å². The average Bonchev–Trinajstić information content (AvgIpc) is 2.26. The van der Waals surface area contributed by atoms with Crippen LogP contribution in [0.2, 0.25) is 0 Å². The fraction of sp³-hybridized carbons (Fsp3) is 0.500. The molecule has 0 aromatic heterocycles. The molecular formula is C14H22N2O2. The second-order valence-electron chi connectivity index (χ2n) is 5.39. The molecule has 0 saturated heterocycles. The number of ether oxygens (including phenoxy) is 1. The first-order chi connectivity index (χ1) is 8.34. The molecule has 1 aromatic rings. The van der Waals surface area contributed by atoms with Gasteiger partial charge in [-0.2, -0.15) is 0 Å². The molecule has 4 heteroatoms. The standard InChI is InChI=1S/C14H22N2O2/c1-14(2,9-13(16)17)8-12(15)10-4-6-11(18-3)7-5-10/h4-7,12H,8-9,15H2,1-3H3,(H2,16,17). The van der Waals surface area contributed by atoms with Crippen LogP contribution in [0.3, 0.4) is 0 Å². The lowest BCUT2D eigenvalue weighted by atomic mass is 9.81. The van der Waals surface area contributed by atoms with Crippen LogP contribution in [0, 0.1) is 5.41 Å². The monoisotopic (exact) mass is 250 g/mol. The summed E-state index contributed by atoms with van der Waals surface area (Å²) >= 11 is 0. The molecule has 1 unspecified atom stereocenters. The Kier molecular flexibility index (Phi) is 4.73. The minimum atomic E-state index is -0.290. The normalized spacial score (nSPS) is 13.1. The topological polar surface area (TPSA) is 78.3 Å². The summed E-state index contributed by atoms with van der Waals surface area (Å²) in [5, 5.41) is 0. The number of benzene rings is 1. The highest BCUT2D eigenvalue weighted by molar-refractivity contribution is 5.74. The summed E-state index contributed by atoms with van der Waals surface area (Å²) in [7, 11) is 1.63. The van der Waals surface area contributed by atoms with Crippen LogP contribution in [0.5, 0.6) is 5.75 Å². The van der Waals surface area contributed by atoms with E-state index in [0.717, 1.165) is 11.3 Å². The maximum absolute atomic E-state index is 11.0. The van der Waals surface area contributed by atoms with Gasteiger partial charge >= 0.3 is 0 Å². The van der Waals surface area contributed by atoms with Crippen molar-refractivity contribution in [3.05, 3.63) is 29.8 Å². The molecule has 0 fully saturated rings. The fourth-order valence-electron chi connectivity index (χ4n) is 2.11. The van der Waals surface area contributed by atoms with Crippen LogP contribution in [0.25, 0.3) is 0 Å². The first-order valence-corrected chi connectivity index (χ1v) is 6.02. The van der Waals surface area contributed by atoms with E-state index in [2.05, 4.69) is 0 Å². The van der Waals surface area contributed by atoms with Crippen molar-refractivity contribution in [2.45, 2.75) is 32.7 Å². The van der Waals surface area contributed by atoms with Gasteiger partial charge in [0.05, 0.1) is 7.11 Å². The van der Waals surface area contributed by atoms with E-state index in [1.54, 1.807) is 7.11 Å². The summed E-state index contributed by atoms with van der Waals surface area (Å²) in [4.78, 5) is 11.0. The Morgan fingerprint density at radius 2 is 1.89 bits per heavy atom. The van der Waals surface area contributed by atoms with Crippen LogP contribution in [-0.2, 0) is 4.79 Å². The van der Waals surface area contributed by atoms with Gasteiger partial charge in [0, 0.05) is 12.5 Å². The molecule has 0 bridgehead atoms. The number of rotatable bonds is 6. The molecular weight excluding hydrogens is 228 g/mol. The van der Waals surface area contributed by atoms with Crippen LogP contribution >= 0.6 is 0 Å². The third kappa shape index (κ3) is 4.37. The van der Waals surface area contributed by atoms with Crippen molar-refractivity contribution < 1.29 is 9.53 Å². The van der Waals surface area contributed by atoms with Gasteiger partial charge in [0.25, 0.3) is 0 Å². The van der Waals surface area contributed by atoms with E-state index in [0.29, 0.717) is 12.8 Å². The second-order valence-corrected chi connectivity index (χ2v) is 5.39. The molecule has 0 spiro atoms. The summed E-state index contributed by atoms with van der Waals surface area (Å²) in [6.07, 6.45) is 1.05. The first-order valence-electron chi connectivity index (χ1n) is 6.02. The SMILES string of the molecule is COc1ccc(C(N)CC(C)(C)CC(N)=O)cc1. The Morgan fingerprint density at radius 3 is 2.33 bits per heavy atom. The van der Waals surface area contributed by atoms with Gasteiger partial charge in [0.1, 0.15) is 5.75 Å². The van der Waals surface area contributed by atoms with Gasteiger partial charge in [0.2, 0.25) is 5.91 Å². The molecule has 1 amide bonds. The zero-order valence-electron chi connectivity index (χ0n) is 11.3. The van der Waals surface area contributed by atoms with Gasteiger partial charge < -0.3 is 16.2 Å². The number of amides is 1. The van der Waals surface area contributed by atoms with E-state index >= 15 is 0 Å². The third-order valence-corrected chi connectivity index (χ3v) is 2.97.